The summed E-state index contributed by atoms with van der Waals surface area (Å²) in [4.78, 5) is 12.1. The van der Waals surface area contributed by atoms with E-state index in [-0.39, 0.29) is 12.5 Å². The molecular formula is C24H25NO3. The first kappa shape index (κ1) is 19.5. The second-order valence-electron chi connectivity index (χ2n) is 6.57. The highest BCUT2D eigenvalue weighted by Gasteiger charge is 2.06. The van der Waals surface area contributed by atoms with E-state index in [2.05, 4.69) is 17.4 Å². The van der Waals surface area contributed by atoms with Crippen LogP contribution in [-0.4, -0.2) is 19.1 Å². The van der Waals surface area contributed by atoms with E-state index in [9.17, 15) is 4.79 Å². The van der Waals surface area contributed by atoms with Gasteiger partial charge in [-0.05, 0) is 49.1 Å². The van der Waals surface area contributed by atoms with E-state index in [0.717, 1.165) is 24.2 Å². The highest BCUT2D eigenvalue weighted by Crippen LogP contribution is 2.19. The molecule has 4 nitrogen and oxygen atoms in total. The van der Waals surface area contributed by atoms with Gasteiger partial charge in [0, 0.05) is 11.8 Å². The number of carbonyl (C=O) groups excluding carboxylic acids is 1. The Labute approximate surface area is 166 Å². The molecule has 0 saturated heterocycles. The van der Waals surface area contributed by atoms with E-state index in [0.29, 0.717) is 18.0 Å². The molecule has 0 aromatic heterocycles. The van der Waals surface area contributed by atoms with Crippen LogP contribution in [0.3, 0.4) is 0 Å². The van der Waals surface area contributed by atoms with Crippen molar-refractivity contribution < 1.29 is 14.3 Å². The van der Waals surface area contributed by atoms with Gasteiger partial charge >= 0.3 is 0 Å². The average Bonchev–Trinajstić information content (AvgIpc) is 2.72. The number of amides is 1. The Morgan fingerprint density at radius 3 is 2.50 bits per heavy atom. The van der Waals surface area contributed by atoms with Crippen molar-refractivity contribution in [3.63, 3.8) is 0 Å². The standard InChI is InChI=1S/C24H25NO3/c1-19-9-5-6-15-23(19)28-18-24(26)25-21-13-7-14-22(17-21)27-16-8-12-20-10-3-2-4-11-20/h2-7,9-11,13-15,17H,8,12,16,18H2,1H3,(H,25,26). The lowest BCUT2D eigenvalue weighted by Gasteiger charge is -2.11. The molecule has 28 heavy (non-hydrogen) atoms. The predicted octanol–water partition coefficient (Wildman–Crippen LogP) is 5.02. The summed E-state index contributed by atoms with van der Waals surface area (Å²) in [5.74, 6) is 1.25. The first-order valence-corrected chi connectivity index (χ1v) is 9.46. The van der Waals surface area contributed by atoms with Crippen LogP contribution in [0.5, 0.6) is 11.5 Å². The molecule has 1 N–H and O–H groups in total. The van der Waals surface area contributed by atoms with Gasteiger partial charge in [0.15, 0.2) is 6.61 Å². The van der Waals surface area contributed by atoms with Gasteiger partial charge in [0.2, 0.25) is 0 Å². The van der Waals surface area contributed by atoms with Gasteiger partial charge in [0.05, 0.1) is 6.61 Å². The number of hydrogen-bond acceptors (Lipinski definition) is 3. The number of benzene rings is 3. The Balaban J connectivity index is 1.43. The third-order valence-electron chi connectivity index (χ3n) is 4.29. The summed E-state index contributed by atoms with van der Waals surface area (Å²) in [5.41, 5.74) is 3.00. The van der Waals surface area contributed by atoms with Crippen molar-refractivity contribution >= 4 is 11.6 Å². The normalized spacial score (nSPS) is 10.3. The number of hydrogen-bond donors (Lipinski definition) is 1. The minimum atomic E-state index is -0.204. The smallest absolute Gasteiger partial charge is 0.262 e. The molecule has 0 aliphatic heterocycles. The summed E-state index contributed by atoms with van der Waals surface area (Å²) < 4.78 is 11.4. The van der Waals surface area contributed by atoms with Crippen molar-refractivity contribution in [1.82, 2.24) is 0 Å². The van der Waals surface area contributed by atoms with Gasteiger partial charge in [-0.2, -0.15) is 0 Å². The summed E-state index contributed by atoms with van der Waals surface area (Å²) in [5, 5.41) is 2.84. The molecule has 0 spiro atoms. The van der Waals surface area contributed by atoms with Crippen molar-refractivity contribution in [2.24, 2.45) is 0 Å². The Morgan fingerprint density at radius 1 is 0.893 bits per heavy atom. The number of rotatable bonds is 9. The number of aryl methyl sites for hydroxylation is 2. The van der Waals surface area contributed by atoms with Crippen LogP contribution in [0.15, 0.2) is 78.9 Å². The summed E-state index contributed by atoms with van der Waals surface area (Å²) in [6.45, 7) is 2.54. The molecule has 0 saturated carbocycles. The molecule has 0 bridgehead atoms. The van der Waals surface area contributed by atoms with Gasteiger partial charge in [-0.1, -0.05) is 54.6 Å². The summed E-state index contributed by atoms with van der Waals surface area (Å²) in [7, 11) is 0. The Bertz CT molecular complexity index is 893. The van der Waals surface area contributed by atoms with Crippen LogP contribution in [0.1, 0.15) is 17.5 Å². The zero-order chi connectivity index (χ0) is 19.6. The van der Waals surface area contributed by atoms with Crippen LogP contribution in [0.4, 0.5) is 5.69 Å². The minimum Gasteiger partial charge on any atom is -0.494 e. The predicted molar refractivity (Wildman–Crippen MR) is 112 cm³/mol. The molecule has 0 aliphatic carbocycles. The molecule has 0 unspecified atom stereocenters. The second kappa shape index (κ2) is 10.2. The van der Waals surface area contributed by atoms with E-state index in [1.54, 1.807) is 0 Å². The lowest BCUT2D eigenvalue weighted by atomic mass is 10.1. The number of anilines is 1. The molecule has 3 aromatic rings. The largest absolute Gasteiger partial charge is 0.494 e. The van der Waals surface area contributed by atoms with Crippen LogP contribution in [0.2, 0.25) is 0 Å². The van der Waals surface area contributed by atoms with Crippen molar-refractivity contribution in [2.45, 2.75) is 19.8 Å². The number of ether oxygens (including phenoxy) is 2. The maximum Gasteiger partial charge on any atom is 0.262 e. The Hall–Kier alpha value is -3.27. The van der Waals surface area contributed by atoms with Gasteiger partial charge in [-0.15, -0.1) is 0 Å². The highest BCUT2D eigenvalue weighted by molar-refractivity contribution is 5.92. The molecule has 0 heterocycles. The Kier molecular flexibility index (Phi) is 7.08. The maximum absolute atomic E-state index is 12.1. The van der Waals surface area contributed by atoms with E-state index in [1.807, 2.05) is 73.7 Å². The molecule has 1 amide bonds. The van der Waals surface area contributed by atoms with E-state index in [1.165, 1.54) is 5.56 Å². The van der Waals surface area contributed by atoms with Gasteiger partial charge in [0.1, 0.15) is 11.5 Å². The average molecular weight is 375 g/mol. The number of nitrogens with one attached hydrogen (secondary N) is 1. The fraction of sp³-hybridized carbons (Fsp3) is 0.208. The molecule has 3 rings (SSSR count). The monoisotopic (exact) mass is 375 g/mol. The SMILES string of the molecule is Cc1ccccc1OCC(=O)Nc1cccc(OCCCc2ccccc2)c1. The van der Waals surface area contributed by atoms with Gasteiger partial charge in [0.25, 0.3) is 5.91 Å². The molecule has 144 valence electrons. The molecule has 0 radical (unpaired) electrons. The topological polar surface area (TPSA) is 47.6 Å². The summed E-state index contributed by atoms with van der Waals surface area (Å²) in [6.07, 6.45) is 1.92. The van der Waals surface area contributed by atoms with E-state index < -0.39 is 0 Å². The Morgan fingerprint density at radius 2 is 1.68 bits per heavy atom. The maximum atomic E-state index is 12.1. The molecule has 0 atom stereocenters. The highest BCUT2D eigenvalue weighted by atomic mass is 16.5. The van der Waals surface area contributed by atoms with Crippen molar-refractivity contribution in [2.75, 3.05) is 18.5 Å². The third-order valence-corrected chi connectivity index (χ3v) is 4.29. The fourth-order valence-electron chi connectivity index (χ4n) is 2.83. The van der Waals surface area contributed by atoms with Crippen LogP contribution < -0.4 is 14.8 Å². The summed E-state index contributed by atoms with van der Waals surface area (Å²) >= 11 is 0. The zero-order valence-corrected chi connectivity index (χ0v) is 16.1. The minimum absolute atomic E-state index is 0.0347. The first-order chi connectivity index (χ1) is 13.7. The first-order valence-electron chi connectivity index (χ1n) is 9.46. The van der Waals surface area contributed by atoms with Gasteiger partial charge in [-0.3, -0.25) is 4.79 Å². The molecule has 3 aromatic carbocycles. The molecule has 0 fully saturated rings. The molecule has 0 aliphatic rings. The van der Waals surface area contributed by atoms with E-state index >= 15 is 0 Å². The number of carbonyl (C=O) groups is 1. The van der Waals surface area contributed by atoms with Crippen molar-refractivity contribution in [3.8, 4) is 11.5 Å². The zero-order valence-electron chi connectivity index (χ0n) is 16.1. The van der Waals surface area contributed by atoms with Gasteiger partial charge in [-0.25, -0.2) is 0 Å². The lowest BCUT2D eigenvalue weighted by Crippen LogP contribution is -2.20. The van der Waals surface area contributed by atoms with E-state index in [4.69, 9.17) is 9.47 Å². The third kappa shape index (κ3) is 6.16. The number of para-hydroxylation sites is 1. The molecular weight excluding hydrogens is 350 g/mol. The van der Waals surface area contributed by atoms with Crippen LogP contribution >= 0.6 is 0 Å². The molecule has 4 heteroatoms. The van der Waals surface area contributed by atoms with Crippen LogP contribution in [-0.2, 0) is 11.2 Å². The lowest BCUT2D eigenvalue weighted by molar-refractivity contribution is -0.118. The second-order valence-corrected chi connectivity index (χ2v) is 6.57. The van der Waals surface area contributed by atoms with Crippen LogP contribution in [0.25, 0.3) is 0 Å². The summed E-state index contributed by atoms with van der Waals surface area (Å²) in [6, 6.07) is 25.4. The van der Waals surface area contributed by atoms with Crippen molar-refractivity contribution in [3.05, 3.63) is 90.0 Å². The quantitative estimate of drug-likeness (QED) is 0.534. The van der Waals surface area contributed by atoms with Crippen LogP contribution in [0, 0.1) is 6.92 Å². The fourth-order valence-corrected chi connectivity index (χ4v) is 2.83. The van der Waals surface area contributed by atoms with Gasteiger partial charge < -0.3 is 14.8 Å². The van der Waals surface area contributed by atoms with Crippen molar-refractivity contribution in [1.29, 1.82) is 0 Å².